The first-order chi connectivity index (χ1) is 12.6. The molecule has 2 aromatic carbocycles. The van der Waals surface area contributed by atoms with Gasteiger partial charge in [0.05, 0.1) is 6.04 Å². The molecule has 2 atom stereocenters. The zero-order valence-corrected chi connectivity index (χ0v) is 15.7. The summed E-state index contributed by atoms with van der Waals surface area (Å²) in [6, 6.07) is 12.8. The van der Waals surface area contributed by atoms with Crippen LogP contribution in [-0.2, 0) is 4.79 Å². The zero-order chi connectivity index (χ0) is 18.5. The minimum atomic E-state index is -0.358. The Labute approximate surface area is 158 Å². The summed E-state index contributed by atoms with van der Waals surface area (Å²) in [7, 11) is 0. The van der Waals surface area contributed by atoms with E-state index in [9.17, 15) is 4.79 Å². The van der Waals surface area contributed by atoms with Crippen LogP contribution in [0.15, 0.2) is 42.5 Å². The molecule has 2 unspecified atom stereocenters. The number of anilines is 1. The lowest BCUT2D eigenvalue weighted by Gasteiger charge is -2.23. The number of benzene rings is 2. The molecule has 6 heteroatoms. The van der Waals surface area contributed by atoms with E-state index in [2.05, 4.69) is 17.6 Å². The Balaban J connectivity index is 1.62. The normalized spacial score (nSPS) is 15.2. The fraction of sp³-hybridized carbons (Fsp3) is 0.350. The highest BCUT2D eigenvalue weighted by Gasteiger charge is 2.19. The van der Waals surface area contributed by atoms with Crippen LogP contribution in [0.1, 0.15) is 31.9 Å². The van der Waals surface area contributed by atoms with Crippen LogP contribution in [-0.4, -0.2) is 25.2 Å². The fourth-order valence-electron chi connectivity index (χ4n) is 2.89. The third-order valence-corrected chi connectivity index (χ3v) is 4.59. The van der Waals surface area contributed by atoms with Gasteiger partial charge in [-0.25, -0.2) is 0 Å². The summed E-state index contributed by atoms with van der Waals surface area (Å²) in [6.45, 7) is 4.99. The minimum absolute atomic E-state index is 0.0771. The highest BCUT2D eigenvalue weighted by molar-refractivity contribution is 6.30. The van der Waals surface area contributed by atoms with Crippen LogP contribution < -0.4 is 20.1 Å². The molecule has 2 aromatic rings. The van der Waals surface area contributed by atoms with Crippen molar-refractivity contribution in [3.8, 4) is 11.5 Å². The number of ether oxygens (including phenoxy) is 2. The van der Waals surface area contributed by atoms with E-state index >= 15 is 0 Å². The Morgan fingerprint density at radius 2 is 1.81 bits per heavy atom. The van der Waals surface area contributed by atoms with Gasteiger partial charge in [-0.1, -0.05) is 30.7 Å². The van der Waals surface area contributed by atoms with Gasteiger partial charge in [-0.2, -0.15) is 0 Å². The molecule has 3 rings (SSSR count). The average Bonchev–Trinajstić information content (AvgIpc) is 2.66. The molecular weight excluding hydrogens is 352 g/mol. The highest BCUT2D eigenvalue weighted by atomic mass is 35.5. The first-order valence-electron chi connectivity index (χ1n) is 8.79. The van der Waals surface area contributed by atoms with E-state index in [1.807, 2.05) is 43.3 Å². The molecule has 0 saturated carbocycles. The van der Waals surface area contributed by atoms with Gasteiger partial charge in [-0.3, -0.25) is 10.1 Å². The van der Waals surface area contributed by atoms with Gasteiger partial charge in [-0.15, -0.1) is 0 Å². The summed E-state index contributed by atoms with van der Waals surface area (Å²) in [5.74, 6) is 1.26. The monoisotopic (exact) mass is 374 g/mol. The van der Waals surface area contributed by atoms with Crippen molar-refractivity contribution < 1.29 is 14.3 Å². The largest absolute Gasteiger partial charge is 0.486 e. The van der Waals surface area contributed by atoms with Gasteiger partial charge in [0.25, 0.3) is 0 Å². The molecule has 26 heavy (non-hydrogen) atoms. The number of fused-ring (bicyclic) bond motifs is 1. The van der Waals surface area contributed by atoms with E-state index in [4.69, 9.17) is 21.1 Å². The number of hydrogen-bond acceptors (Lipinski definition) is 4. The van der Waals surface area contributed by atoms with Crippen molar-refractivity contribution >= 4 is 23.2 Å². The number of halogens is 1. The van der Waals surface area contributed by atoms with Crippen LogP contribution in [0.3, 0.4) is 0 Å². The van der Waals surface area contributed by atoms with Gasteiger partial charge in [0.2, 0.25) is 5.91 Å². The summed E-state index contributed by atoms with van der Waals surface area (Å²) in [5, 5.41) is 7.00. The number of rotatable bonds is 6. The van der Waals surface area contributed by atoms with Crippen LogP contribution >= 0.6 is 11.6 Å². The molecule has 0 radical (unpaired) electrons. The second-order valence-corrected chi connectivity index (χ2v) is 6.68. The smallest absolute Gasteiger partial charge is 0.241 e. The zero-order valence-electron chi connectivity index (χ0n) is 14.9. The lowest BCUT2D eigenvalue weighted by atomic mass is 10.0. The van der Waals surface area contributed by atoms with E-state index in [0.717, 1.165) is 12.0 Å². The maximum absolute atomic E-state index is 12.6. The molecule has 1 heterocycles. The van der Waals surface area contributed by atoms with Crippen molar-refractivity contribution in [2.45, 2.75) is 32.4 Å². The maximum Gasteiger partial charge on any atom is 0.241 e. The average molecular weight is 375 g/mol. The Bertz CT molecular complexity index is 764. The van der Waals surface area contributed by atoms with Gasteiger partial charge in [0.1, 0.15) is 13.2 Å². The molecule has 0 aliphatic carbocycles. The van der Waals surface area contributed by atoms with Crippen molar-refractivity contribution in [2.75, 3.05) is 18.5 Å². The van der Waals surface area contributed by atoms with Crippen LogP contribution in [0.2, 0.25) is 5.02 Å². The van der Waals surface area contributed by atoms with Crippen molar-refractivity contribution in [3.63, 3.8) is 0 Å². The lowest BCUT2D eigenvalue weighted by molar-refractivity contribution is -0.118. The molecule has 1 aliphatic heterocycles. The summed E-state index contributed by atoms with van der Waals surface area (Å²) in [6.07, 6.45) is 0.864. The highest BCUT2D eigenvalue weighted by Crippen LogP contribution is 2.32. The Hall–Kier alpha value is -2.24. The van der Waals surface area contributed by atoms with E-state index < -0.39 is 0 Å². The molecule has 0 aromatic heterocycles. The van der Waals surface area contributed by atoms with Crippen LogP contribution in [0, 0.1) is 0 Å². The number of carbonyl (C=O) groups excluding carboxylic acids is 1. The van der Waals surface area contributed by atoms with Gasteiger partial charge in [-0.05, 0) is 43.2 Å². The Kier molecular flexibility index (Phi) is 6.01. The predicted octanol–water partition coefficient (Wildman–Crippen LogP) is 4.18. The van der Waals surface area contributed by atoms with E-state index in [1.54, 1.807) is 6.07 Å². The molecule has 0 fully saturated rings. The molecular formula is C20H23ClN2O3. The van der Waals surface area contributed by atoms with Gasteiger partial charge in [0.15, 0.2) is 11.5 Å². The standard InChI is InChI=1S/C20H23ClN2O3/c1-3-17(14-4-6-15(21)7-5-14)22-13(2)20(24)23-16-8-9-18-19(12-16)26-11-10-25-18/h4-9,12-13,17,22H,3,10-11H2,1-2H3,(H,23,24). The van der Waals surface area contributed by atoms with Crippen molar-refractivity contribution in [1.29, 1.82) is 0 Å². The maximum atomic E-state index is 12.6. The van der Waals surface area contributed by atoms with Gasteiger partial charge in [0, 0.05) is 22.8 Å². The van der Waals surface area contributed by atoms with Crippen LogP contribution in [0.25, 0.3) is 0 Å². The third kappa shape index (κ3) is 4.48. The second kappa shape index (κ2) is 8.43. The molecule has 1 amide bonds. The SMILES string of the molecule is CCC(NC(C)C(=O)Nc1ccc2c(c1)OCCO2)c1ccc(Cl)cc1. The van der Waals surface area contributed by atoms with Crippen molar-refractivity contribution in [2.24, 2.45) is 0 Å². The topological polar surface area (TPSA) is 59.6 Å². The van der Waals surface area contributed by atoms with Gasteiger partial charge < -0.3 is 14.8 Å². The Morgan fingerprint density at radius 1 is 1.12 bits per heavy atom. The fourth-order valence-corrected chi connectivity index (χ4v) is 3.02. The molecule has 0 saturated heterocycles. The lowest BCUT2D eigenvalue weighted by Crippen LogP contribution is -2.40. The van der Waals surface area contributed by atoms with Crippen molar-refractivity contribution in [3.05, 3.63) is 53.1 Å². The number of amides is 1. The second-order valence-electron chi connectivity index (χ2n) is 6.25. The summed E-state index contributed by atoms with van der Waals surface area (Å²) >= 11 is 5.95. The number of hydrogen-bond donors (Lipinski definition) is 2. The van der Waals surface area contributed by atoms with E-state index in [1.165, 1.54) is 0 Å². The first-order valence-corrected chi connectivity index (χ1v) is 9.16. The summed E-state index contributed by atoms with van der Waals surface area (Å²) in [4.78, 5) is 12.6. The predicted molar refractivity (Wildman–Crippen MR) is 103 cm³/mol. The molecule has 2 N–H and O–H groups in total. The van der Waals surface area contributed by atoms with Crippen LogP contribution in [0.4, 0.5) is 5.69 Å². The number of carbonyl (C=O) groups is 1. The molecule has 138 valence electrons. The van der Waals surface area contributed by atoms with E-state index in [0.29, 0.717) is 35.4 Å². The molecule has 5 nitrogen and oxygen atoms in total. The quantitative estimate of drug-likeness (QED) is 0.796. The molecule has 1 aliphatic rings. The third-order valence-electron chi connectivity index (χ3n) is 4.33. The minimum Gasteiger partial charge on any atom is -0.486 e. The van der Waals surface area contributed by atoms with Crippen molar-refractivity contribution in [1.82, 2.24) is 5.32 Å². The Morgan fingerprint density at radius 3 is 2.50 bits per heavy atom. The first kappa shape index (κ1) is 18.5. The van der Waals surface area contributed by atoms with E-state index in [-0.39, 0.29) is 18.0 Å². The summed E-state index contributed by atoms with van der Waals surface area (Å²) in [5.41, 5.74) is 1.79. The van der Waals surface area contributed by atoms with Gasteiger partial charge >= 0.3 is 0 Å². The molecule has 0 bridgehead atoms. The number of nitrogens with one attached hydrogen (secondary N) is 2. The molecule has 0 spiro atoms. The summed E-state index contributed by atoms with van der Waals surface area (Å²) < 4.78 is 11.0. The van der Waals surface area contributed by atoms with Crippen LogP contribution in [0.5, 0.6) is 11.5 Å².